The highest BCUT2D eigenvalue weighted by molar-refractivity contribution is 7.16. The van der Waals surface area contributed by atoms with Gasteiger partial charge in [0, 0.05) is 16.9 Å². The molecule has 4 rings (SSSR count). The molecule has 3 heterocycles. The smallest absolute Gasteiger partial charge is 0.341 e. The Kier molecular flexibility index (Phi) is 4.71. The van der Waals surface area contributed by atoms with Gasteiger partial charge in [-0.2, -0.15) is 0 Å². The molecule has 2 aliphatic heterocycles. The Labute approximate surface area is 172 Å². The normalized spacial score (nSPS) is 18.4. The molecular weight excluding hydrogens is 392 g/mol. The van der Waals surface area contributed by atoms with Crippen molar-refractivity contribution in [2.75, 3.05) is 5.73 Å². The van der Waals surface area contributed by atoms with E-state index in [1.807, 2.05) is 12.1 Å². The average Bonchev–Trinajstić information content (AvgIpc) is 3.15. The molecule has 0 saturated heterocycles. The molecule has 0 bridgehead atoms. The van der Waals surface area contributed by atoms with Gasteiger partial charge in [0.15, 0.2) is 0 Å². The molecular formula is C21H22N2O5S. The first-order valence-electron chi connectivity index (χ1n) is 9.34. The van der Waals surface area contributed by atoms with Gasteiger partial charge in [-0.15, -0.1) is 11.3 Å². The number of imide groups is 1. The zero-order valence-electron chi connectivity index (χ0n) is 16.5. The van der Waals surface area contributed by atoms with E-state index < -0.39 is 23.6 Å². The molecule has 0 fully saturated rings. The van der Waals surface area contributed by atoms with Gasteiger partial charge in [0.05, 0.1) is 18.7 Å². The van der Waals surface area contributed by atoms with Crippen molar-refractivity contribution in [2.45, 2.75) is 52.0 Å². The zero-order chi connectivity index (χ0) is 20.9. The standard InChI is InChI=1S/C21H22N2O5S/c1-21(2,3)28-20(26)16-13-8-14(27-10-15(13)29-17(16)22)19(25)23-9-11-6-4-5-7-12(11)18(23)24/h4-7,14H,8-10,22H2,1-3H3. The Morgan fingerprint density at radius 3 is 2.69 bits per heavy atom. The number of ether oxygens (including phenoxy) is 2. The molecule has 1 atom stereocenters. The fourth-order valence-electron chi connectivity index (χ4n) is 3.60. The number of amides is 2. The highest BCUT2D eigenvalue weighted by atomic mass is 32.1. The number of esters is 1. The summed E-state index contributed by atoms with van der Waals surface area (Å²) in [5, 5.41) is 0.352. The molecule has 1 aromatic carbocycles. The molecule has 152 valence electrons. The van der Waals surface area contributed by atoms with Crippen LogP contribution in [0.25, 0.3) is 0 Å². The Balaban J connectivity index is 1.57. The number of fused-ring (bicyclic) bond motifs is 2. The molecule has 8 heteroatoms. The number of rotatable bonds is 2. The summed E-state index contributed by atoms with van der Waals surface area (Å²) >= 11 is 1.27. The van der Waals surface area contributed by atoms with E-state index in [0.717, 1.165) is 10.4 Å². The van der Waals surface area contributed by atoms with Crippen LogP contribution in [0.4, 0.5) is 5.00 Å². The number of hydrogen-bond donors (Lipinski definition) is 1. The van der Waals surface area contributed by atoms with Crippen LogP contribution in [0, 0.1) is 0 Å². The zero-order valence-corrected chi connectivity index (χ0v) is 17.3. The number of nitrogens with zero attached hydrogens (tertiary/aromatic N) is 1. The summed E-state index contributed by atoms with van der Waals surface area (Å²) in [6.07, 6.45) is -0.674. The Morgan fingerprint density at radius 1 is 1.28 bits per heavy atom. The first-order valence-corrected chi connectivity index (χ1v) is 10.2. The molecule has 29 heavy (non-hydrogen) atoms. The van der Waals surface area contributed by atoms with Crippen molar-refractivity contribution in [1.29, 1.82) is 0 Å². The molecule has 2 N–H and O–H groups in total. The third-order valence-corrected chi connectivity index (χ3v) is 5.92. The van der Waals surface area contributed by atoms with E-state index in [2.05, 4.69) is 0 Å². The topological polar surface area (TPSA) is 98.9 Å². The minimum atomic E-state index is -0.851. The lowest BCUT2D eigenvalue weighted by molar-refractivity contribution is -0.142. The predicted molar refractivity (Wildman–Crippen MR) is 108 cm³/mol. The van der Waals surface area contributed by atoms with Crippen LogP contribution in [0.2, 0.25) is 0 Å². The monoisotopic (exact) mass is 414 g/mol. The summed E-state index contributed by atoms with van der Waals surface area (Å²) in [7, 11) is 0. The number of benzene rings is 1. The lowest BCUT2D eigenvalue weighted by Gasteiger charge is -2.26. The summed E-state index contributed by atoms with van der Waals surface area (Å²) in [6.45, 7) is 5.74. The van der Waals surface area contributed by atoms with Gasteiger partial charge >= 0.3 is 5.97 Å². The van der Waals surface area contributed by atoms with Crippen LogP contribution in [0.3, 0.4) is 0 Å². The number of carbonyl (C=O) groups excluding carboxylic acids is 3. The lowest BCUT2D eigenvalue weighted by atomic mass is 10.00. The fraction of sp³-hybridized carbons (Fsp3) is 0.381. The van der Waals surface area contributed by atoms with Crippen LogP contribution in [0.5, 0.6) is 0 Å². The molecule has 0 saturated carbocycles. The molecule has 1 aromatic heterocycles. The van der Waals surface area contributed by atoms with Gasteiger partial charge in [-0.25, -0.2) is 4.79 Å². The first kappa shape index (κ1) is 19.6. The van der Waals surface area contributed by atoms with Gasteiger partial charge < -0.3 is 15.2 Å². The van der Waals surface area contributed by atoms with Gasteiger partial charge in [-0.1, -0.05) is 18.2 Å². The minimum Gasteiger partial charge on any atom is -0.456 e. The number of nitrogens with two attached hydrogens (primary N) is 1. The second-order valence-corrected chi connectivity index (χ2v) is 9.27. The van der Waals surface area contributed by atoms with Crippen molar-refractivity contribution in [1.82, 2.24) is 4.90 Å². The Morgan fingerprint density at radius 2 is 2.00 bits per heavy atom. The van der Waals surface area contributed by atoms with E-state index in [0.29, 0.717) is 21.7 Å². The molecule has 2 aromatic rings. The Bertz CT molecular complexity index is 1020. The van der Waals surface area contributed by atoms with Crippen LogP contribution in [0.15, 0.2) is 24.3 Å². The molecule has 0 radical (unpaired) electrons. The van der Waals surface area contributed by atoms with E-state index in [9.17, 15) is 14.4 Å². The lowest BCUT2D eigenvalue weighted by Crippen LogP contribution is -2.43. The molecule has 1 unspecified atom stereocenters. The van der Waals surface area contributed by atoms with Crippen LogP contribution < -0.4 is 5.73 Å². The van der Waals surface area contributed by atoms with Gasteiger partial charge in [0.25, 0.3) is 11.8 Å². The van der Waals surface area contributed by atoms with Gasteiger partial charge in [-0.05, 0) is 38.0 Å². The van der Waals surface area contributed by atoms with Crippen LogP contribution in [-0.4, -0.2) is 34.4 Å². The summed E-state index contributed by atoms with van der Waals surface area (Å²) in [5.74, 6) is -1.24. The molecule has 7 nitrogen and oxygen atoms in total. The van der Waals surface area contributed by atoms with E-state index in [1.54, 1.807) is 32.9 Å². The summed E-state index contributed by atoms with van der Waals surface area (Å²) < 4.78 is 11.2. The average molecular weight is 414 g/mol. The second kappa shape index (κ2) is 6.96. The van der Waals surface area contributed by atoms with Crippen molar-refractivity contribution in [2.24, 2.45) is 0 Å². The maximum absolute atomic E-state index is 13.0. The Hall–Kier alpha value is -2.71. The van der Waals surface area contributed by atoms with Crippen molar-refractivity contribution >= 4 is 34.1 Å². The van der Waals surface area contributed by atoms with Crippen LogP contribution >= 0.6 is 11.3 Å². The third-order valence-electron chi connectivity index (χ3n) is 4.89. The van der Waals surface area contributed by atoms with Crippen molar-refractivity contribution in [3.05, 3.63) is 51.4 Å². The molecule has 2 aliphatic rings. The highest BCUT2D eigenvalue weighted by Gasteiger charge is 2.39. The van der Waals surface area contributed by atoms with Crippen molar-refractivity contribution in [3.8, 4) is 0 Å². The van der Waals surface area contributed by atoms with E-state index in [1.165, 1.54) is 16.2 Å². The third kappa shape index (κ3) is 3.54. The SMILES string of the molecule is CC(C)(C)OC(=O)c1c(N)sc2c1CC(C(=O)N1Cc3ccccc3C1=O)OC2. The second-order valence-electron chi connectivity index (χ2n) is 8.14. The van der Waals surface area contributed by atoms with E-state index >= 15 is 0 Å². The highest BCUT2D eigenvalue weighted by Crippen LogP contribution is 2.37. The number of carbonyl (C=O) groups is 3. The molecule has 0 aliphatic carbocycles. The quantitative estimate of drug-likeness (QED) is 0.599. The fourth-order valence-corrected chi connectivity index (χ4v) is 4.61. The number of nitrogen functional groups attached to an aromatic ring is 1. The summed E-state index contributed by atoms with van der Waals surface area (Å²) in [5.41, 5.74) is 7.75. The van der Waals surface area contributed by atoms with Crippen LogP contribution in [0.1, 0.15) is 57.5 Å². The maximum Gasteiger partial charge on any atom is 0.341 e. The van der Waals surface area contributed by atoms with Gasteiger partial charge in [0.2, 0.25) is 0 Å². The number of hydrogen-bond acceptors (Lipinski definition) is 7. The molecule has 0 spiro atoms. The number of anilines is 1. The van der Waals surface area contributed by atoms with E-state index in [4.69, 9.17) is 15.2 Å². The first-order chi connectivity index (χ1) is 13.7. The van der Waals surface area contributed by atoms with Gasteiger partial charge in [0.1, 0.15) is 16.7 Å². The van der Waals surface area contributed by atoms with Crippen molar-refractivity contribution < 1.29 is 23.9 Å². The van der Waals surface area contributed by atoms with E-state index in [-0.39, 0.29) is 25.5 Å². The van der Waals surface area contributed by atoms with Crippen LogP contribution in [-0.2, 0) is 33.8 Å². The summed E-state index contributed by atoms with van der Waals surface area (Å²) in [6, 6.07) is 7.16. The minimum absolute atomic E-state index is 0.165. The maximum atomic E-state index is 13.0. The van der Waals surface area contributed by atoms with Gasteiger partial charge in [-0.3, -0.25) is 14.5 Å². The summed E-state index contributed by atoms with van der Waals surface area (Å²) in [4.78, 5) is 40.3. The number of thiophene rings is 1. The predicted octanol–water partition coefficient (Wildman–Crippen LogP) is 2.91. The molecule has 2 amide bonds. The van der Waals surface area contributed by atoms with Crippen molar-refractivity contribution in [3.63, 3.8) is 0 Å². The largest absolute Gasteiger partial charge is 0.456 e.